The molecular formula is C13H21N3O3S. The van der Waals surface area contributed by atoms with E-state index in [4.69, 9.17) is 5.73 Å². The number of anilines is 1. The molecule has 0 unspecified atom stereocenters. The standard InChI is InChI=1S/C13H21N3O3S/c1-9(2)8-12(14)13(17)16-10-4-6-11(7-5-10)20(18,19)15-3/h4-7,9,12,15H,8,14H2,1-3H3,(H,16,17)/t12-/m0/s1. The zero-order chi connectivity index (χ0) is 15.3. The summed E-state index contributed by atoms with van der Waals surface area (Å²) in [6.45, 7) is 3.98. The fourth-order valence-electron chi connectivity index (χ4n) is 1.69. The maximum Gasteiger partial charge on any atom is 0.241 e. The molecule has 6 nitrogen and oxygen atoms in total. The summed E-state index contributed by atoms with van der Waals surface area (Å²) in [6.07, 6.45) is 0.595. The van der Waals surface area contributed by atoms with Crippen molar-refractivity contribution in [3.05, 3.63) is 24.3 Å². The summed E-state index contributed by atoms with van der Waals surface area (Å²) in [6, 6.07) is 5.34. The summed E-state index contributed by atoms with van der Waals surface area (Å²) in [7, 11) is -2.12. The van der Waals surface area contributed by atoms with Crippen molar-refractivity contribution in [2.75, 3.05) is 12.4 Å². The molecule has 0 saturated carbocycles. The van der Waals surface area contributed by atoms with Crippen LogP contribution < -0.4 is 15.8 Å². The molecule has 0 heterocycles. The molecule has 0 radical (unpaired) electrons. The fourth-order valence-corrected chi connectivity index (χ4v) is 2.42. The molecule has 0 bridgehead atoms. The molecule has 0 aromatic heterocycles. The van der Waals surface area contributed by atoms with Crippen molar-refractivity contribution in [3.63, 3.8) is 0 Å². The van der Waals surface area contributed by atoms with Gasteiger partial charge < -0.3 is 11.1 Å². The van der Waals surface area contributed by atoms with Crippen molar-refractivity contribution < 1.29 is 13.2 Å². The van der Waals surface area contributed by atoms with Gasteiger partial charge in [-0.3, -0.25) is 4.79 Å². The molecular weight excluding hydrogens is 278 g/mol. The van der Waals surface area contributed by atoms with Crippen LogP contribution in [-0.2, 0) is 14.8 Å². The van der Waals surface area contributed by atoms with Crippen molar-refractivity contribution >= 4 is 21.6 Å². The summed E-state index contributed by atoms with van der Waals surface area (Å²) in [5, 5.41) is 2.66. The lowest BCUT2D eigenvalue weighted by Gasteiger charge is -2.14. The monoisotopic (exact) mass is 299 g/mol. The average Bonchev–Trinajstić information content (AvgIpc) is 2.38. The molecule has 112 valence electrons. The molecule has 1 atom stereocenters. The molecule has 20 heavy (non-hydrogen) atoms. The number of hydrogen-bond donors (Lipinski definition) is 3. The van der Waals surface area contributed by atoms with Gasteiger partial charge in [-0.05, 0) is 43.7 Å². The number of sulfonamides is 1. The number of nitrogens with two attached hydrogens (primary N) is 1. The fraction of sp³-hybridized carbons (Fsp3) is 0.462. The minimum Gasteiger partial charge on any atom is -0.325 e. The smallest absolute Gasteiger partial charge is 0.241 e. The van der Waals surface area contributed by atoms with Crippen molar-refractivity contribution in [1.29, 1.82) is 0 Å². The second-order valence-corrected chi connectivity index (χ2v) is 6.84. The summed E-state index contributed by atoms with van der Waals surface area (Å²) in [4.78, 5) is 12.0. The molecule has 1 rings (SSSR count). The predicted octanol–water partition coefficient (Wildman–Crippen LogP) is 0.907. The Morgan fingerprint density at radius 1 is 1.25 bits per heavy atom. The van der Waals surface area contributed by atoms with Gasteiger partial charge in [0, 0.05) is 5.69 Å². The number of nitrogens with one attached hydrogen (secondary N) is 2. The summed E-state index contributed by atoms with van der Waals surface area (Å²) in [5.41, 5.74) is 6.29. The van der Waals surface area contributed by atoms with Gasteiger partial charge in [0.1, 0.15) is 0 Å². The van der Waals surface area contributed by atoms with E-state index in [-0.39, 0.29) is 10.8 Å². The Balaban J connectivity index is 2.73. The van der Waals surface area contributed by atoms with Gasteiger partial charge in [-0.1, -0.05) is 13.8 Å². The second kappa shape index (κ2) is 6.83. The third kappa shape index (κ3) is 4.59. The van der Waals surface area contributed by atoms with Crippen LogP contribution in [0.15, 0.2) is 29.2 Å². The Morgan fingerprint density at radius 2 is 1.80 bits per heavy atom. The van der Waals surface area contributed by atoms with E-state index in [1.165, 1.54) is 31.3 Å². The van der Waals surface area contributed by atoms with Crippen LogP contribution in [0.5, 0.6) is 0 Å². The normalized spacial score (nSPS) is 13.2. The van der Waals surface area contributed by atoms with Crippen LogP contribution >= 0.6 is 0 Å². The van der Waals surface area contributed by atoms with Crippen LogP contribution in [0.1, 0.15) is 20.3 Å². The van der Waals surface area contributed by atoms with Crippen molar-refractivity contribution in [3.8, 4) is 0 Å². The van der Waals surface area contributed by atoms with Crippen LogP contribution in [-0.4, -0.2) is 27.4 Å². The predicted molar refractivity (Wildman–Crippen MR) is 78.7 cm³/mol. The SMILES string of the molecule is CNS(=O)(=O)c1ccc(NC(=O)[C@@H](N)CC(C)C)cc1. The highest BCUT2D eigenvalue weighted by Gasteiger charge is 2.16. The molecule has 0 saturated heterocycles. The third-order valence-corrected chi connectivity index (χ3v) is 4.19. The van der Waals surface area contributed by atoms with E-state index in [1.54, 1.807) is 0 Å². The lowest BCUT2D eigenvalue weighted by molar-refractivity contribution is -0.117. The second-order valence-electron chi connectivity index (χ2n) is 4.96. The first kappa shape index (κ1) is 16.6. The summed E-state index contributed by atoms with van der Waals surface area (Å²) >= 11 is 0. The Kier molecular flexibility index (Phi) is 5.67. The van der Waals surface area contributed by atoms with Crippen molar-refractivity contribution in [1.82, 2.24) is 4.72 Å². The van der Waals surface area contributed by atoms with E-state index in [0.29, 0.717) is 18.0 Å². The van der Waals surface area contributed by atoms with Crippen LogP contribution in [0, 0.1) is 5.92 Å². The van der Waals surface area contributed by atoms with Crippen molar-refractivity contribution in [2.24, 2.45) is 11.7 Å². The van der Waals surface area contributed by atoms with E-state index in [9.17, 15) is 13.2 Å². The molecule has 7 heteroatoms. The number of carbonyl (C=O) groups is 1. The number of benzene rings is 1. The zero-order valence-corrected chi connectivity index (χ0v) is 12.7. The molecule has 0 spiro atoms. The first-order valence-corrected chi connectivity index (χ1v) is 7.84. The number of carbonyl (C=O) groups excluding carboxylic acids is 1. The molecule has 4 N–H and O–H groups in total. The highest BCUT2D eigenvalue weighted by atomic mass is 32.2. The van der Waals surface area contributed by atoms with Crippen LogP contribution in [0.4, 0.5) is 5.69 Å². The first-order valence-electron chi connectivity index (χ1n) is 6.36. The molecule has 0 aliphatic carbocycles. The first-order chi connectivity index (χ1) is 9.26. The topological polar surface area (TPSA) is 101 Å². The van der Waals surface area contributed by atoms with Gasteiger partial charge in [0.15, 0.2) is 0 Å². The van der Waals surface area contributed by atoms with Gasteiger partial charge in [0.05, 0.1) is 10.9 Å². The van der Waals surface area contributed by atoms with E-state index < -0.39 is 16.1 Å². The van der Waals surface area contributed by atoms with Gasteiger partial charge in [0.2, 0.25) is 15.9 Å². The molecule has 1 aromatic rings. The highest BCUT2D eigenvalue weighted by Crippen LogP contribution is 2.14. The van der Waals surface area contributed by atoms with E-state index in [2.05, 4.69) is 10.0 Å². The van der Waals surface area contributed by atoms with E-state index in [1.807, 2.05) is 13.8 Å². The Labute approximate surface area is 119 Å². The molecule has 1 amide bonds. The minimum absolute atomic E-state index is 0.143. The lowest BCUT2D eigenvalue weighted by atomic mass is 10.0. The van der Waals surface area contributed by atoms with Crippen LogP contribution in [0.25, 0.3) is 0 Å². The zero-order valence-electron chi connectivity index (χ0n) is 11.9. The third-order valence-electron chi connectivity index (χ3n) is 2.76. The van der Waals surface area contributed by atoms with E-state index >= 15 is 0 Å². The van der Waals surface area contributed by atoms with Gasteiger partial charge >= 0.3 is 0 Å². The average molecular weight is 299 g/mol. The lowest BCUT2D eigenvalue weighted by Crippen LogP contribution is -2.36. The highest BCUT2D eigenvalue weighted by molar-refractivity contribution is 7.89. The number of hydrogen-bond acceptors (Lipinski definition) is 4. The number of amides is 1. The van der Waals surface area contributed by atoms with Gasteiger partial charge in [0.25, 0.3) is 0 Å². The molecule has 0 aliphatic rings. The van der Waals surface area contributed by atoms with E-state index in [0.717, 1.165) is 0 Å². The van der Waals surface area contributed by atoms with Gasteiger partial charge in [-0.15, -0.1) is 0 Å². The van der Waals surface area contributed by atoms with Gasteiger partial charge in [-0.25, -0.2) is 13.1 Å². The van der Waals surface area contributed by atoms with Gasteiger partial charge in [-0.2, -0.15) is 0 Å². The van der Waals surface area contributed by atoms with Crippen LogP contribution in [0.2, 0.25) is 0 Å². The summed E-state index contributed by atoms with van der Waals surface area (Å²) < 4.78 is 25.3. The molecule has 1 aromatic carbocycles. The summed E-state index contributed by atoms with van der Waals surface area (Å²) in [5.74, 6) is 0.0572. The quantitative estimate of drug-likeness (QED) is 0.726. The number of rotatable bonds is 6. The Morgan fingerprint density at radius 3 is 2.25 bits per heavy atom. The Hall–Kier alpha value is -1.44. The van der Waals surface area contributed by atoms with Crippen LogP contribution in [0.3, 0.4) is 0 Å². The van der Waals surface area contributed by atoms with Crippen molar-refractivity contribution in [2.45, 2.75) is 31.2 Å². The largest absolute Gasteiger partial charge is 0.325 e. The Bertz CT molecular complexity index is 553. The minimum atomic E-state index is -3.46. The molecule has 0 fully saturated rings. The maximum absolute atomic E-state index is 11.8. The maximum atomic E-state index is 11.8. The molecule has 0 aliphatic heterocycles.